The first kappa shape index (κ1) is 4.46. The second-order valence-corrected chi connectivity index (χ2v) is 1.49. The summed E-state index contributed by atoms with van der Waals surface area (Å²) in [7, 11) is 3.62. The Morgan fingerprint density at radius 1 is 1.43 bits per heavy atom. The number of rotatable bonds is 0. The summed E-state index contributed by atoms with van der Waals surface area (Å²) in [4.78, 5) is 4.82. The molecule has 3 nitrogen and oxygen atoms in total. The third kappa shape index (κ3) is 0.452. The minimum Gasteiger partial charge on any atom is -0.214 e. The highest BCUT2D eigenvalue weighted by molar-refractivity contribution is 4.87. The molecule has 0 radical (unpaired) electrons. The van der Waals surface area contributed by atoms with E-state index in [0.717, 1.165) is 5.82 Å². The lowest BCUT2D eigenvalue weighted by molar-refractivity contribution is -0.377. The molecule has 0 atom stereocenters. The molecule has 1 fully saturated rings. The summed E-state index contributed by atoms with van der Waals surface area (Å²) in [6.45, 7) is 3.65. The van der Waals surface area contributed by atoms with Gasteiger partial charge in [-0.25, -0.2) is 10.1 Å². The molecule has 1 heterocycles. The van der Waals surface area contributed by atoms with Crippen molar-refractivity contribution in [2.45, 2.75) is 0 Å². The average Bonchev–Trinajstić information content (AvgIpc) is 1.68. The summed E-state index contributed by atoms with van der Waals surface area (Å²) in [6, 6.07) is 0. The van der Waals surface area contributed by atoms with Crippen LogP contribution in [0.1, 0.15) is 0 Å². The fourth-order valence-electron chi connectivity index (χ4n) is 0.444. The number of hydrogen-bond donors (Lipinski definition) is 0. The molecule has 0 saturated carbocycles. The van der Waals surface area contributed by atoms with Crippen LogP contribution in [0.5, 0.6) is 0 Å². The molecule has 0 N–H and O–H groups in total. The molecule has 40 valence electrons. The van der Waals surface area contributed by atoms with Gasteiger partial charge in [-0.05, 0) is 0 Å². The van der Waals surface area contributed by atoms with Crippen molar-refractivity contribution >= 4 is 0 Å². The van der Waals surface area contributed by atoms with Crippen LogP contribution >= 0.6 is 0 Å². The topological polar surface area (TPSA) is 15.7 Å². The van der Waals surface area contributed by atoms with Gasteiger partial charge in [0.05, 0.1) is 0 Å². The van der Waals surface area contributed by atoms with E-state index < -0.39 is 0 Å². The van der Waals surface area contributed by atoms with Crippen LogP contribution in [-0.4, -0.2) is 24.2 Å². The zero-order chi connectivity index (χ0) is 5.44. The molecule has 0 aromatic heterocycles. The fraction of sp³-hybridized carbons (Fsp3) is 0.500. The second kappa shape index (κ2) is 1.13. The molecule has 0 bridgehead atoms. The lowest BCUT2D eigenvalue weighted by Gasteiger charge is -2.38. The largest absolute Gasteiger partial charge is 0.214 e. The maximum Gasteiger partial charge on any atom is 0.149 e. The molecular weight excluding hydrogens is 92.1 g/mol. The Bertz CT molecular complexity index is 91.9. The molecule has 1 aliphatic rings. The number of hydroxylamine groups is 4. The third-order valence-corrected chi connectivity index (χ3v) is 0.972. The van der Waals surface area contributed by atoms with E-state index in [4.69, 9.17) is 4.94 Å². The standard InChI is InChI=1S/C4H8N2O/c1-4-5(2)7-6(4)3/h1H2,2-3H3. The van der Waals surface area contributed by atoms with Gasteiger partial charge in [0.25, 0.3) is 0 Å². The highest BCUT2D eigenvalue weighted by atomic mass is 16.9. The van der Waals surface area contributed by atoms with Crippen molar-refractivity contribution in [2.24, 2.45) is 0 Å². The van der Waals surface area contributed by atoms with Crippen molar-refractivity contribution in [2.75, 3.05) is 14.1 Å². The Balaban J connectivity index is 2.44. The predicted molar refractivity (Wildman–Crippen MR) is 25.8 cm³/mol. The second-order valence-electron chi connectivity index (χ2n) is 1.49. The van der Waals surface area contributed by atoms with Crippen LogP contribution in [0.4, 0.5) is 0 Å². The fourth-order valence-corrected chi connectivity index (χ4v) is 0.444. The van der Waals surface area contributed by atoms with Crippen LogP contribution in [0.15, 0.2) is 12.4 Å². The van der Waals surface area contributed by atoms with Gasteiger partial charge in [-0.1, -0.05) is 6.58 Å². The van der Waals surface area contributed by atoms with E-state index in [2.05, 4.69) is 6.58 Å². The van der Waals surface area contributed by atoms with Crippen molar-refractivity contribution in [3.63, 3.8) is 0 Å². The molecule has 1 aliphatic heterocycles. The molecule has 0 aromatic rings. The smallest absolute Gasteiger partial charge is 0.149 e. The molecule has 0 unspecified atom stereocenters. The summed E-state index contributed by atoms with van der Waals surface area (Å²) < 4.78 is 0. The van der Waals surface area contributed by atoms with Crippen molar-refractivity contribution in [1.82, 2.24) is 10.1 Å². The van der Waals surface area contributed by atoms with Crippen LogP contribution in [0.2, 0.25) is 0 Å². The van der Waals surface area contributed by atoms with E-state index in [9.17, 15) is 0 Å². The van der Waals surface area contributed by atoms with Crippen LogP contribution in [0, 0.1) is 0 Å². The molecule has 1 saturated heterocycles. The minimum atomic E-state index is 0.889. The molecule has 0 spiro atoms. The molecular formula is C4H8N2O. The molecule has 7 heavy (non-hydrogen) atoms. The van der Waals surface area contributed by atoms with E-state index >= 15 is 0 Å². The Hall–Kier alpha value is -0.700. The monoisotopic (exact) mass is 100 g/mol. The average molecular weight is 100 g/mol. The SMILES string of the molecule is C=C1N(C)ON1C. The van der Waals surface area contributed by atoms with E-state index in [-0.39, 0.29) is 0 Å². The van der Waals surface area contributed by atoms with Crippen LogP contribution < -0.4 is 0 Å². The van der Waals surface area contributed by atoms with Crippen LogP contribution in [-0.2, 0) is 4.94 Å². The summed E-state index contributed by atoms with van der Waals surface area (Å²) in [5.41, 5.74) is 0. The van der Waals surface area contributed by atoms with Gasteiger partial charge in [-0.3, -0.25) is 0 Å². The third-order valence-electron chi connectivity index (χ3n) is 0.972. The maximum absolute atomic E-state index is 4.82. The highest BCUT2D eigenvalue weighted by Crippen LogP contribution is 2.15. The highest BCUT2D eigenvalue weighted by Gasteiger charge is 2.20. The Labute approximate surface area is 42.7 Å². The first-order valence-corrected chi connectivity index (χ1v) is 2.06. The predicted octanol–water partition coefficient (Wildman–Crippen LogP) is 0.181. The van der Waals surface area contributed by atoms with Gasteiger partial charge in [0.1, 0.15) is 5.82 Å². The summed E-state index contributed by atoms with van der Waals surface area (Å²) in [5.74, 6) is 0.889. The summed E-state index contributed by atoms with van der Waals surface area (Å²) in [6.07, 6.45) is 0. The first-order chi connectivity index (χ1) is 3.22. The van der Waals surface area contributed by atoms with Gasteiger partial charge >= 0.3 is 0 Å². The first-order valence-electron chi connectivity index (χ1n) is 2.06. The van der Waals surface area contributed by atoms with Crippen molar-refractivity contribution in [3.05, 3.63) is 12.4 Å². The van der Waals surface area contributed by atoms with Gasteiger partial charge in [-0.2, -0.15) is 4.94 Å². The zero-order valence-electron chi connectivity index (χ0n) is 4.51. The Morgan fingerprint density at radius 2 is 1.86 bits per heavy atom. The molecule has 1 rings (SSSR count). The Kier molecular flexibility index (Phi) is 0.722. The molecule has 0 aliphatic carbocycles. The quantitative estimate of drug-likeness (QED) is 0.432. The molecule has 0 aromatic carbocycles. The molecule has 0 amide bonds. The van der Waals surface area contributed by atoms with E-state index in [0.29, 0.717) is 0 Å². The van der Waals surface area contributed by atoms with Gasteiger partial charge in [-0.15, -0.1) is 0 Å². The van der Waals surface area contributed by atoms with E-state index in [1.54, 1.807) is 10.1 Å². The molecule has 3 heteroatoms. The zero-order valence-corrected chi connectivity index (χ0v) is 4.51. The minimum absolute atomic E-state index is 0.889. The van der Waals surface area contributed by atoms with Crippen LogP contribution in [0.25, 0.3) is 0 Å². The maximum atomic E-state index is 4.82. The van der Waals surface area contributed by atoms with E-state index in [1.807, 2.05) is 14.1 Å². The van der Waals surface area contributed by atoms with Gasteiger partial charge in [0, 0.05) is 14.1 Å². The number of nitrogens with zero attached hydrogens (tertiary/aromatic N) is 2. The normalized spacial score (nSPS) is 20.0. The van der Waals surface area contributed by atoms with Gasteiger partial charge < -0.3 is 0 Å². The lowest BCUT2D eigenvalue weighted by atomic mass is 10.7. The van der Waals surface area contributed by atoms with Crippen LogP contribution in [0.3, 0.4) is 0 Å². The van der Waals surface area contributed by atoms with Crippen molar-refractivity contribution in [1.29, 1.82) is 0 Å². The van der Waals surface area contributed by atoms with Crippen molar-refractivity contribution < 1.29 is 4.94 Å². The lowest BCUT2D eigenvalue weighted by Crippen LogP contribution is -2.44. The van der Waals surface area contributed by atoms with Gasteiger partial charge in [0.15, 0.2) is 0 Å². The summed E-state index contributed by atoms with van der Waals surface area (Å²) in [5, 5.41) is 3.19. The van der Waals surface area contributed by atoms with Crippen molar-refractivity contribution in [3.8, 4) is 0 Å². The van der Waals surface area contributed by atoms with E-state index in [1.165, 1.54) is 0 Å². The Morgan fingerprint density at radius 3 is 1.86 bits per heavy atom. The van der Waals surface area contributed by atoms with Gasteiger partial charge in [0.2, 0.25) is 0 Å². The summed E-state index contributed by atoms with van der Waals surface area (Å²) >= 11 is 0. The number of hydrogen-bond acceptors (Lipinski definition) is 3.